The van der Waals surface area contributed by atoms with E-state index in [1.807, 2.05) is 49.3 Å². The van der Waals surface area contributed by atoms with Gasteiger partial charge >= 0.3 is 0 Å². The van der Waals surface area contributed by atoms with Crippen molar-refractivity contribution in [2.24, 2.45) is 0 Å². The molecule has 1 N–H and O–H groups in total. The predicted molar refractivity (Wildman–Crippen MR) is 106 cm³/mol. The minimum atomic E-state index is -3.65. The molecule has 2 aromatic carbocycles. The van der Waals surface area contributed by atoms with Gasteiger partial charge in [0.05, 0.1) is 4.90 Å². The van der Waals surface area contributed by atoms with Crippen LogP contribution in [0.25, 0.3) is 0 Å². The summed E-state index contributed by atoms with van der Waals surface area (Å²) in [5.41, 5.74) is 2.51. The molecule has 1 amide bonds. The van der Waals surface area contributed by atoms with Crippen LogP contribution < -0.4 is 5.32 Å². The lowest BCUT2D eigenvalue weighted by Gasteiger charge is -2.25. The van der Waals surface area contributed by atoms with Crippen LogP contribution in [0.5, 0.6) is 0 Å². The lowest BCUT2D eigenvalue weighted by Crippen LogP contribution is -2.36. The second-order valence-electron chi connectivity index (χ2n) is 6.99. The van der Waals surface area contributed by atoms with Gasteiger partial charge in [0.1, 0.15) is 0 Å². The number of hydrogen-bond donors (Lipinski definition) is 1. The van der Waals surface area contributed by atoms with Gasteiger partial charge in [-0.05, 0) is 49.8 Å². The quantitative estimate of drug-likeness (QED) is 0.792. The molecule has 6 nitrogen and oxygen atoms in total. The Balaban J connectivity index is 1.90. The Kier molecular flexibility index (Phi) is 5.94. The highest BCUT2D eigenvalue weighted by atomic mass is 32.2. The van der Waals surface area contributed by atoms with Gasteiger partial charge in [-0.15, -0.1) is 0 Å². The first-order valence-corrected chi connectivity index (χ1v) is 10.4. The average Bonchev–Trinajstić information content (AvgIpc) is 2.65. The van der Waals surface area contributed by atoms with Crippen LogP contribution >= 0.6 is 0 Å². The minimum absolute atomic E-state index is 0.0326. The standard InChI is InChI=1S/C20H25N3O3S/c1-22(2)12-13-23(15-16-6-4-3-5-7-16)27(25,26)18-9-10-19-17(14-18)8-11-20(24)21-19/h3-7,9-10,14H,8,11-13,15H2,1-2H3,(H,21,24). The van der Waals surface area contributed by atoms with Gasteiger partial charge in [-0.1, -0.05) is 30.3 Å². The summed E-state index contributed by atoms with van der Waals surface area (Å²) in [4.78, 5) is 13.8. The molecule has 0 atom stereocenters. The van der Waals surface area contributed by atoms with E-state index in [4.69, 9.17) is 0 Å². The maximum Gasteiger partial charge on any atom is 0.243 e. The van der Waals surface area contributed by atoms with Crippen LogP contribution in [-0.2, 0) is 27.8 Å². The highest BCUT2D eigenvalue weighted by molar-refractivity contribution is 7.89. The molecule has 0 aromatic heterocycles. The van der Waals surface area contributed by atoms with Crippen LogP contribution in [0.4, 0.5) is 5.69 Å². The fraction of sp³-hybridized carbons (Fsp3) is 0.350. The first-order valence-electron chi connectivity index (χ1n) is 8.98. The van der Waals surface area contributed by atoms with E-state index in [1.165, 1.54) is 4.31 Å². The molecule has 27 heavy (non-hydrogen) atoms. The normalized spacial score (nSPS) is 14.3. The van der Waals surface area contributed by atoms with Crippen molar-refractivity contribution in [2.75, 3.05) is 32.5 Å². The Hall–Kier alpha value is -2.22. The molecule has 0 saturated heterocycles. The molecular formula is C20H25N3O3S. The van der Waals surface area contributed by atoms with Crippen molar-refractivity contribution in [3.05, 3.63) is 59.7 Å². The van der Waals surface area contributed by atoms with Crippen molar-refractivity contribution in [3.8, 4) is 0 Å². The number of likely N-dealkylation sites (N-methyl/N-ethyl adjacent to an activating group) is 1. The summed E-state index contributed by atoms with van der Waals surface area (Å²) >= 11 is 0. The van der Waals surface area contributed by atoms with Crippen LogP contribution in [0, 0.1) is 0 Å². The molecule has 1 heterocycles. The van der Waals surface area contributed by atoms with Gasteiger partial charge < -0.3 is 10.2 Å². The lowest BCUT2D eigenvalue weighted by molar-refractivity contribution is -0.116. The van der Waals surface area contributed by atoms with Gasteiger partial charge in [-0.3, -0.25) is 4.79 Å². The Morgan fingerprint density at radius 3 is 2.44 bits per heavy atom. The Labute approximate surface area is 160 Å². The van der Waals surface area contributed by atoms with Gasteiger partial charge in [-0.25, -0.2) is 8.42 Å². The molecule has 1 aliphatic heterocycles. The number of nitrogens with zero attached hydrogens (tertiary/aromatic N) is 2. The van der Waals surface area contributed by atoms with Crippen LogP contribution in [-0.4, -0.2) is 50.7 Å². The zero-order chi connectivity index (χ0) is 19.4. The van der Waals surface area contributed by atoms with Crippen molar-refractivity contribution < 1.29 is 13.2 Å². The molecule has 0 aliphatic carbocycles. The number of aryl methyl sites for hydroxylation is 1. The molecular weight excluding hydrogens is 362 g/mol. The maximum atomic E-state index is 13.3. The van der Waals surface area contributed by atoms with E-state index in [2.05, 4.69) is 5.32 Å². The van der Waals surface area contributed by atoms with Crippen molar-refractivity contribution in [1.29, 1.82) is 0 Å². The van der Waals surface area contributed by atoms with Crippen molar-refractivity contribution in [1.82, 2.24) is 9.21 Å². The number of rotatable bonds is 7. The highest BCUT2D eigenvalue weighted by Gasteiger charge is 2.26. The first-order chi connectivity index (χ1) is 12.9. The number of anilines is 1. The summed E-state index contributed by atoms with van der Waals surface area (Å²) in [7, 11) is 0.203. The smallest absolute Gasteiger partial charge is 0.243 e. The SMILES string of the molecule is CN(C)CCN(Cc1ccccc1)S(=O)(=O)c1ccc2c(c1)CCC(=O)N2. The zero-order valence-corrected chi connectivity index (χ0v) is 16.5. The third-order valence-electron chi connectivity index (χ3n) is 4.61. The van der Waals surface area contributed by atoms with E-state index in [0.29, 0.717) is 38.2 Å². The summed E-state index contributed by atoms with van der Waals surface area (Å²) in [5, 5.41) is 2.79. The maximum absolute atomic E-state index is 13.3. The van der Waals surface area contributed by atoms with Gasteiger partial charge in [0.25, 0.3) is 0 Å². The van der Waals surface area contributed by atoms with Gasteiger partial charge in [0, 0.05) is 31.7 Å². The monoisotopic (exact) mass is 387 g/mol. The summed E-state index contributed by atoms with van der Waals surface area (Å²) in [5.74, 6) is -0.0326. The van der Waals surface area contributed by atoms with E-state index in [-0.39, 0.29) is 10.8 Å². The highest BCUT2D eigenvalue weighted by Crippen LogP contribution is 2.27. The Morgan fingerprint density at radius 1 is 1.00 bits per heavy atom. The van der Waals surface area contributed by atoms with Crippen LogP contribution in [0.2, 0.25) is 0 Å². The minimum Gasteiger partial charge on any atom is -0.326 e. The fourth-order valence-corrected chi connectivity index (χ4v) is 4.52. The van der Waals surface area contributed by atoms with E-state index in [1.54, 1.807) is 18.2 Å². The Morgan fingerprint density at radius 2 is 1.74 bits per heavy atom. The molecule has 0 bridgehead atoms. The van der Waals surface area contributed by atoms with Crippen molar-refractivity contribution >= 4 is 21.6 Å². The molecule has 3 rings (SSSR count). The number of sulfonamides is 1. The lowest BCUT2D eigenvalue weighted by atomic mass is 10.0. The molecule has 2 aromatic rings. The zero-order valence-electron chi connectivity index (χ0n) is 15.7. The largest absolute Gasteiger partial charge is 0.326 e. The number of fused-ring (bicyclic) bond motifs is 1. The third-order valence-corrected chi connectivity index (χ3v) is 6.45. The molecule has 0 fully saturated rings. The fourth-order valence-electron chi connectivity index (χ4n) is 3.05. The average molecular weight is 388 g/mol. The number of nitrogens with one attached hydrogen (secondary N) is 1. The van der Waals surface area contributed by atoms with E-state index in [0.717, 1.165) is 11.1 Å². The summed E-state index contributed by atoms with van der Waals surface area (Å²) < 4.78 is 28.2. The van der Waals surface area contributed by atoms with Crippen LogP contribution in [0.15, 0.2) is 53.4 Å². The van der Waals surface area contributed by atoms with Crippen LogP contribution in [0.1, 0.15) is 17.5 Å². The number of benzene rings is 2. The molecule has 0 saturated carbocycles. The molecule has 0 spiro atoms. The summed E-state index contributed by atoms with van der Waals surface area (Å²) in [6.45, 7) is 1.36. The summed E-state index contributed by atoms with van der Waals surface area (Å²) in [6.07, 6.45) is 0.936. The molecule has 0 unspecified atom stereocenters. The third kappa shape index (κ3) is 4.74. The van der Waals surface area contributed by atoms with E-state index in [9.17, 15) is 13.2 Å². The van der Waals surface area contributed by atoms with E-state index < -0.39 is 10.0 Å². The molecule has 0 radical (unpaired) electrons. The van der Waals surface area contributed by atoms with Gasteiger partial charge in [0.15, 0.2) is 0 Å². The molecule has 1 aliphatic rings. The van der Waals surface area contributed by atoms with Crippen molar-refractivity contribution in [3.63, 3.8) is 0 Å². The Bertz CT molecular complexity index is 911. The number of amides is 1. The van der Waals surface area contributed by atoms with E-state index >= 15 is 0 Å². The molecule has 7 heteroatoms. The second kappa shape index (κ2) is 8.21. The van der Waals surface area contributed by atoms with Gasteiger partial charge in [-0.2, -0.15) is 4.31 Å². The second-order valence-corrected chi connectivity index (χ2v) is 8.93. The summed E-state index contributed by atoms with van der Waals surface area (Å²) in [6, 6.07) is 14.6. The topological polar surface area (TPSA) is 69.7 Å². The predicted octanol–water partition coefficient (Wildman–Crippen LogP) is 2.32. The van der Waals surface area contributed by atoms with Crippen LogP contribution in [0.3, 0.4) is 0 Å². The number of hydrogen-bond acceptors (Lipinski definition) is 4. The van der Waals surface area contributed by atoms with Gasteiger partial charge in [0.2, 0.25) is 15.9 Å². The number of carbonyl (C=O) groups is 1. The molecule has 144 valence electrons. The number of carbonyl (C=O) groups excluding carboxylic acids is 1. The van der Waals surface area contributed by atoms with Crippen molar-refractivity contribution in [2.45, 2.75) is 24.3 Å². The first kappa shape index (κ1) is 19.5.